The van der Waals surface area contributed by atoms with E-state index in [0.717, 1.165) is 5.56 Å². The van der Waals surface area contributed by atoms with E-state index in [4.69, 9.17) is 5.73 Å². The highest BCUT2D eigenvalue weighted by Gasteiger charge is 2.17. The Bertz CT molecular complexity index is 702. The van der Waals surface area contributed by atoms with Crippen LogP contribution in [0.15, 0.2) is 41.8 Å². The fraction of sp³-hybridized carbons (Fsp3) is 0.412. The van der Waals surface area contributed by atoms with Crippen molar-refractivity contribution in [3.05, 3.63) is 42.2 Å². The van der Waals surface area contributed by atoms with Crippen LogP contribution in [0.2, 0.25) is 0 Å². The number of rotatable bonds is 9. The second kappa shape index (κ2) is 9.22. The molecule has 7 nitrogen and oxygen atoms in total. The first kappa shape index (κ1) is 19.0. The molecule has 134 valence electrons. The van der Waals surface area contributed by atoms with Crippen LogP contribution in [-0.4, -0.2) is 43.8 Å². The highest BCUT2D eigenvalue weighted by molar-refractivity contribution is 7.99. The SMILES string of the molecule is CC(C)n1cnnc1SCC(=O)N(CCC(N)=O)Cc1ccccc1. The Labute approximate surface area is 151 Å². The third kappa shape index (κ3) is 5.90. The van der Waals surface area contributed by atoms with Gasteiger partial charge in [0.25, 0.3) is 0 Å². The third-order valence-corrected chi connectivity index (χ3v) is 4.56. The van der Waals surface area contributed by atoms with Crippen LogP contribution >= 0.6 is 11.8 Å². The number of hydrogen-bond donors (Lipinski definition) is 1. The molecule has 0 aliphatic heterocycles. The van der Waals surface area contributed by atoms with E-state index in [1.165, 1.54) is 11.8 Å². The van der Waals surface area contributed by atoms with Gasteiger partial charge in [-0.2, -0.15) is 0 Å². The maximum Gasteiger partial charge on any atom is 0.233 e. The predicted molar refractivity (Wildman–Crippen MR) is 96.8 cm³/mol. The van der Waals surface area contributed by atoms with Crippen LogP contribution in [0.3, 0.4) is 0 Å². The molecule has 0 aliphatic carbocycles. The summed E-state index contributed by atoms with van der Waals surface area (Å²) in [4.78, 5) is 25.4. The number of hydrogen-bond acceptors (Lipinski definition) is 5. The molecule has 0 atom stereocenters. The van der Waals surface area contributed by atoms with Crippen LogP contribution in [0, 0.1) is 0 Å². The van der Waals surface area contributed by atoms with E-state index in [1.807, 2.05) is 48.7 Å². The van der Waals surface area contributed by atoms with Crippen molar-refractivity contribution in [3.8, 4) is 0 Å². The van der Waals surface area contributed by atoms with Crippen molar-refractivity contribution in [2.75, 3.05) is 12.3 Å². The molecule has 0 bridgehead atoms. The second-order valence-electron chi connectivity index (χ2n) is 5.92. The van der Waals surface area contributed by atoms with E-state index < -0.39 is 5.91 Å². The van der Waals surface area contributed by atoms with Crippen LogP contribution in [0.5, 0.6) is 0 Å². The Morgan fingerprint density at radius 2 is 2.00 bits per heavy atom. The summed E-state index contributed by atoms with van der Waals surface area (Å²) in [6.07, 6.45) is 1.80. The molecule has 0 unspecified atom stereocenters. The number of nitrogens with two attached hydrogens (primary N) is 1. The van der Waals surface area contributed by atoms with E-state index >= 15 is 0 Å². The Morgan fingerprint density at radius 1 is 1.28 bits per heavy atom. The quantitative estimate of drug-likeness (QED) is 0.688. The summed E-state index contributed by atoms with van der Waals surface area (Å²) in [5.74, 6) is -0.247. The first-order chi connectivity index (χ1) is 12.0. The molecule has 0 saturated heterocycles. The molecule has 2 N–H and O–H groups in total. The summed E-state index contributed by atoms with van der Waals surface area (Å²) in [7, 11) is 0. The van der Waals surface area contributed by atoms with Gasteiger partial charge in [0.15, 0.2) is 5.16 Å². The van der Waals surface area contributed by atoms with Crippen LogP contribution in [0.25, 0.3) is 0 Å². The molecule has 1 heterocycles. The van der Waals surface area contributed by atoms with Crippen LogP contribution in [0.4, 0.5) is 0 Å². The maximum absolute atomic E-state index is 12.6. The largest absolute Gasteiger partial charge is 0.370 e. The highest BCUT2D eigenvalue weighted by Crippen LogP contribution is 2.19. The first-order valence-corrected chi connectivity index (χ1v) is 9.08. The van der Waals surface area contributed by atoms with Gasteiger partial charge in [-0.1, -0.05) is 42.1 Å². The smallest absolute Gasteiger partial charge is 0.233 e. The molecule has 2 rings (SSSR count). The third-order valence-electron chi connectivity index (χ3n) is 3.62. The lowest BCUT2D eigenvalue weighted by atomic mass is 10.2. The van der Waals surface area contributed by atoms with Crippen molar-refractivity contribution in [3.63, 3.8) is 0 Å². The van der Waals surface area contributed by atoms with Gasteiger partial charge in [-0.25, -0.2) is 0 Å². The van der Waals surface area contributed by atoms with Gasteiger partial charge in [-0.05, 0) is 19.4 Å². The number of primary amides is 1. The number of thioether (sulfide) groups is 1. The van der Waals surface area contributed by atoms with Crippen molar-refractivity contribution in [1.82, 2.24) is 19.7 Å². The van der Waals surface area contributed by atoms with E-state index in [2.05, 4.69) is 10.2 Å². The minimum atomic E-state index is -0.418. The highest BCUT2D eigenvalue weighted by atomic mass is 32.2. The Morgan fingerprint density at radius 3 is 2.64 bits per heavy atom. The molecule has 1 aromatic heterocycles. The van der Waals surface area contributed by atoms with Gasteiger partial charge in [0.05, 0.1) is 5.75 Å². The fourth-order valence-electron chi connectivity index (χ4n) is 2.25. The van der Waals surface area contributed by atoms with Crippen LogP contribution in [0.1, 0.15) is 31.9 Å². The van der Waals surface area contributed by atoms with Gasteiger partial charge in [0.1, 0.15) is 6.33 Å². The molecule has 2 amide bonds. The average Bonchev–Trinajstić information content (AvgIpc) is 3.06. The molecular formula is C17H23N5O2S. The molecule has 0 spiro atoms. The topological polar surface area (TPSA) is 94.1 Å². The molecule has 2 aromatic rings. The molecule has 0 saturated carbocycles. The first-order valence-electron chi connectivity index (χ1n) is 8.09. The van der Waals surface area contributed by atoms with Gasteiger partial charge in [-0.15, -0.1) is 10.2 Å². The summed E-state index contributed by atoms with van der Waals surface area (Å²) < 4.78 is 1.92. The van der Waals surface area contributed by atoms with E-state index in [9.17, 15) is 9.59 Å². The Hall–Kier alpha value is -2.35. The molecule has 0 aliphatic rings. The van der Waals surface area contributed by atoms with E-state index in [0.29, 0.717) is 18.2 Å². The minimum absolute atomic E-state index is 0.0617. The number of aromatic nitrogens is 3. The van der Waals surface area contributed by atoms with Gasteiger partial charge in [0.2, 0.25) is 11.8 Å². The van der Waals surface area contributed by atoms with Crippen LogP contribution in [-0.2, 0) is 16.1 Å². The van der Waals surface area contributed by atoms with Gasteiger partial charge >= 0.3 is 0 Å². The average molecular weight is 361 g/mol. The molecule has 0 radical (unpaired) electrons. The van der Waals surface area contributed by atoms with E-state index in [1.54, 1.807) is 11.2 Å². The molecule has 1 aromatic carbocycles. The fourth-order valence-corrected chi connectivity index (χ4v) is 3.20. The van der Waals surface area contributed by atoms with Gasteiger partial charge in [-0.3, -0.25) is 9.59 Å². The second-order valence-corrected chi connectivity index (χ2v) is 6.86. The summed E-state index contributed by atoms with van der Waals surface area (Å²) in [6.45, 7) is 4.82. The van der Waals surface area contributed by atoms with Crippen molar-refractivity contribution >= 4 is 23.6 Å². The summed E-state index contributed by atoms with van der Waals surface area (Å²) >= 11 is 1.35. The lowest BCUT2D eigenvalue weighted by molar-refractivity contribution is -0.129. The number of carbonyl (C=O) groups excluding carboxylic acids is 2. The maximum atomic E-state index is 12.6. The van der Waals surface area contributed by atoms with Gasteiger partial charge in [0, 0.05) is 25.6 Å². The molecule has 0 fully saturated rings. The number of carbonyl (C=O) groups is 2. The summed E-state index contributed by atoms with van der Waals surface area (Å²) in [5.41, 5.74) is 6.24. The zero-order valence-corrected chi connectivity index (χ0v) is 15.3. The van der Waals surface area contributed by atoms with Crippen molar-refractivity contribution in [2.45, 2.75) is 38.0 Å². The Balaban J connectivity index is 2.01. The number of nitrogens with zero attached hydrogens (tertiary/aromatic N) is 4. The van der Waals surface area contributed by atoms with E-state index in [-0.39, 0.29) is 24.1 Å². The predicted octanol–water partition coefficient (Wildman–Crippen LogP) is 1.86. The monoisotopic (exact) mass is 361 g/mol. The van der Waals surface area contributed by atoms with Crippen LogP contribution < -0.4 is 5.73 Å². The zero-order valence-electron chi connectivity index (χ0n) is 14.5. The zero-order chi connectivity index (χ0) is 18.2. The Kier molecular flexibility index (Phi) is 7.00. The van der Waals surface area contributed by atoms with Gasteiger partial charge < -0.3 is 15.2 Å². The standard InChI is InChI=1S/C17H23N5O2S/c1-13(2)22-12-19-20-17(22)25-11-16(24)21(9-8-15(18)23)10-14-6-4-3-5-7-14/h3-7,12-13H,8-11H2,1-2H3,(H2,18,23). The van der Waals surface area contributed by atoms with Crippen molar-refractivity contribution in [1.29, 1.82) is 0 Å². The normalized spacial score (nSPS) is 10.8. The van der Waals surface area contributed by atoms with Crippen molar-refractivity contribution in [2.24, 2.45) is 5.73 Å². The molecular weight excluding hydrogens is 338 g/mol. The summed E-state index contributed by atoms with van der Waals surface area (Å²) in [6, 6.07) is 9.90. The molecule has 8 heteroatoms. The lowest BCUT2D eigenvalue weighted by Gasteiger charge is -2.22. The minimum Gasteiger partial charge on any atom is -0.370 e. The van der Waals surface area contributed by atoms with Crippen molar-refractivity contribution < 1.29 is 9.59 Å². The number of amides is 2. The summed E-state index contributed by atoms with van der Waals surface area (Å²) in [5, 5.41) is 8.66. The molecule has 25 heavy (non-hydrogen) atoms. The lowest BCUT2D eigenvalue weighted by Crippen LogP contribution is -2.34. The number of benzene rings is 1.